The minimum Gasteiger partial charge on any atom is -0.469 e. The van der Waals surface area contributed by atoms with Gasteiger partial charge in [-0.05, 0) is 97.7 Å². The van der Waals surface area contributed by atoms with Gasteiger partial charge in [-0.25, -0.2) is 0 Å². The summed E-state index contributed by atoms with van der Waals surface area (Å²) in [6.07, 6.45) is 7.69. The zero-order valence-electron chi connectivity index (χ0n) is 19.8. The maximum absolute atomic E-state index is 11.7. The Labute approximate surface area is 194 Å². The zero-order chi connectivity index (χ0) is 21.8. The first-order chi connectivity index (χ1) is 14.1. The van der Waals surface area contributed by atoms with Gasteiger partial charge in [0, 0.05) is 12.5 Å². The molecule has 0 spiro atoms. The molecule has 4 aliphatic carbocycles. The van der Waals surface area contributed by atoms with Crippen LogP contribution in [0.4, 0.5) is 0 Å². The predicted octanol–water partition coefficient (Wildman–Crippen LogP) is 3.93. The Balaban J connectivity index is 0.00000272. The van der Waals surface area contributed by atoms with Gasteiger partial charge >= 0.3 is 5.97 Å². The molecule has 31 heavy (non-hydrogen) atoms. The summed E-state index contributed by atoms with van der Waals surface area (Å²) in [7, 11) is 1.45. The van der Waals surface area contributed by atoms with Crippen molar-refractivity contribution in [3.8, 4) is 0 Å². The highest BCUT2D eigenvalue weighted by molar-refractivity contribution is 5.85. The molecule has 0 aromatic carbocycles. The summed E-state index contributed by atoms with van der Waals surface area (Å²) in [6.45, 7) is 6.94. The van der Waals surface area contributed by atoms with Crippen LogP contribution in [-0.2, 0) is 9.53 Å². The molecule has 0 amide bonds. The molecular formula is C25H44ClNO4. The second kappa shape index (κ2) is 9.12. The van der Waals surface area contributed by atoms with E-state index >= 15 is 0 Å². The van der Waals surface area contributed by atoms with E-state index in [0.717, 1.165) is 51.4 Å². The molecular weight excluding hydrogens is 414 g/mol. The van der Waals surface area contributed by atoms with Gasteiger partial charge in [-0.3, -0.25) is 4.79 Å². The number of aliphatic hydroxyl groups is 2. The molecule has 11 atom stereocenters. The second-order valence-electron chi connectivity index (χ2n) is 11.7. The van der Waals surface area contributed by atoms with Crippen LogP contribution in [0, 0.1) is 46.3 Å². The third kappa shape index (κ3) is 3.96. The number of methoxy groups -OCH3 is 1. The number of carbonyl (C=O) groups excluding carboxylic acids is 1. The molecule has 0 saturated heterocycles. The van der Waals surface area contributed by atoms with E-state index in [1.807, 2.05) is 0 Å². The lowest BCUT2D eigenvalue weighted by Crippen LogP contribution is -2.62. The molecule has 2 unspecified atom stereocenters. The molecule has 0 radical (unpaired) electrons. The van der Waals surface area contributed by atoms with E-state index in [4.69, 9.17) is 10.5 Å². The van der Waals surface area contributed by atoms with Gasteiger partial charge < -0.3 is 20.7 Å². The van der Waals surface area contributed by atoms with E-state index in [2.05, 4.69) is 20.8 Å². The van der Waals surface area contributed by atoms with Crippen molar-refractivity contribution in [2.75, 3.05) is 7.11 Å². The predicted molar refractivity (Wildman–Crippen MR) is 124 cm³/mol. The molecule has 4 fully saturated rings. The largest absolute Gasteiger partial charge is 0.469 e. The van der Waals surface area contributed by atoms with Crippen LogP contribution in [0.15, 0.2) is 0 Å². The summed E-state index contributed by atoms with van der Waals surface area (Å²) in [4.78, 5) is 11.7. The molecule has 5 nitrogen and oxygen atoms in total. The van der Waals surface area contributed by atoms with Gasteiger partial charge in [-0.1, -0.05) is 20.8 Å². The van der Waals surface area contributed by atoms with Gasteiger partial charge in [0.1, 0.15) is 0 Å². The Morgan fingerprint density at radius 3 is 2.52 bits per heavy atom. The summed E-state index contributed by atoms with van der Waals surface area (Å²) in [5.74, 6) is 2.11. The summed E-state index contributed by atoms with van der Waals surface area (Å²) in [6, 6.07) is 0.261. The number of ether oxygens (including phenoxy) is 1. The van der Waals surface area contributed by atoms with Crippen LogP contribution >= 0.6 is 12.4 Å². The Morgan fingerprint density at radius 1 is 1.13 bits per heavy atom. The number of halogens is 1. The van der Waals surface area contributed by atoms with Crippen molar-refractivity contribution < 1.29 is 19.7 Å². The molecule has 4 saturated carbocycles. The van der Waals surface area contributed by atoms with E-state index in [9.17, 15) is 15.0 Å². The summed E-state index contributed by atoms with van der Waals surface area (Å²) >= 11 is 0. The summed E-state index contributed by atoms with van der Waals surface area (Å²) in [5.41, 5.74) is 6.31. The fraction of sp³-hybridized carbons (Fsp3) is 0.960. The van der Waals surface area contributed by atoms with E-state index in [1.165, 1.54) is 7.11 Å². The number of hydrogen-bond acceptors (Lipinski definition) is 5. The van der Waals surface area contributed by atoms with Gasteiger partial charge in [-0.2, -0.15) is 0 Å². The van der Waals surface area contributed by atoms with Crippen LogP contribution in [0.1, 0.15) is 78.6 Å². The third-order valence-corrected chi connectivity index (χ3v) is 10.6. The van der Waals surface area contributed by atoms with Gasteiger partial charge in [0.25, 0.3) is 0 Å². The van der Waals surface area contributed by atoms with E-state index in [1.54, 1.807) is 0 Å². The molecule has 4 N–H and O–H groups in total. The van der Waals surface area contributed by atoms with Gasteiger partial charge in [0.15, 0.2) is 0 Å². The van der Waals surface area contributed by atoms with Crippen molar-refractivity contribution >= 4 is 18.4 Å². The molecule has 4 rings (SSSR count). The van der Waals surface area contributed by atoms with Crippen LogP contribution in [0.2, 0.25) is 0 Å². The number of aliphatic hydroxyl groups excluding tert-OH is 2. The second-order valence-corrected chi connectivity index (χ2v) is 11.7. The fourth-order valence-electron chi connectivity index (χ4n) is 8.84. The molecule has 4 aliphatic rings. The molecule has 0 heterocycles. The summed E-state index contributed by atoms with van der Waals surface area (Å²) < 4.78 is 4.84. The van der Waals surface area contributed by atoms with Crippen molar-refractivity contribution in [3.63, 3.8) is 0 Å². The minimum atomic E-state index is -0.338. The molecule has 0 bridgehead atoms. The Kier molecular flexibility index (Phi) is 7.43. The highest BCUT2D eigenvalue weighted by Gasteiger charge is 2.65. The highest BCUT2D eigenvalue weighted by Crippen LogP contribution is 2.68. The highest BCUT2D eigenvalue weighted by atomic mass is 35.5. The molecule has 0 aromatic rings. The smallest absolute Gasteiger partial charge is 0.305 e. The van der Waals surface area contributed by atoms with Crippen molar-refractivity contribution in [2.45, 2.75) is 96.8 Å². The lowest BCUT2D eigenvalue weighted by Gasteiger charge is -2.63. The maximum atomic E-state index is 11.7. The van der Waals surface area contributed by atoms with E-state index in [-0.39, 0.29) is 53.4 Å². The number of esters is 1. The topological polar surface area (TPSA) is 92.8 Å². The number of hydrogen-bond donors (Lipinski definition) is 3. The van der Waals surface area contributed by atoms with E-state index in [0.29, 0.717) is 36.0 Å². The monoisotopic (exact) mass is 457 g/mol. The fourth-order valence-corrected chi connectivity index (χ4v) is 8.84. The first-order valence-electron chi connectivity index (χ1n) is 12.3. The van der Waals surface area contributed by atoms with Crippen LogP contribution in [0.25, 0.3) is 0 Å². The first-order valence-corrected chi connectivity index (χ1v) is 12.3. The standard InChI is InChI=1S/C25H43NO4.ClH/c1-14(5-8-22(29)30-4)17-6-7-18-23-19(13-21(28)25(17,18)3)24(2)10-9-16(26)11-15(24)12-20(23)27;/h14-21,23,27-28H,5-13,26H2,1-4H3;1H/t14-,15?,16?,17-,18+,19+,20-,21+,23+,24+,25-;/m1./s1. The SMILES string of the molecule is COC(=O)CC[C@@H](C)[C@H]1CC[C@H]2[C@@H]3[C@H](O)CC4CC(N)CC[C@]4(C)[C@H]3C[C@H](O)[C@]12C.Cl. The Bertz CT molecular complexity index is 661. The van der Waals surface area contributed by atoms with Crippen LogP contribution in [-0.4, -0.2) is 41.5 Å². The quantitative estimate of drug-likeness (QED) is 0.556. The lowest BCUT2D eigenvalue weighted by molar-refractivity contribution is -0.202. The van der Waals surface area contributed by atoms with Gasteiger partial charge in [-0.15, -0.1) is 12.4 Å². The van der Waals surface area contributed by atoms with Crippen LogP contribution in [0.5, 0.6) is 0 Å². The van der Waals surface area contributed by atoms with Crippen molar-refractivity contribution in [2.24, 2.45) is 52.1 Å². The maximum Gasteiger partial charge on any atom is 0.305 e. The Morgan fingerprint density at radius 2 is 1.84 bits per heavy atom. The summed E-state index contributed by atoms with van der Waals surface area (Å²) in [5, 5.41) is 22.9. The number of nitrogens with two attached hydrogens (primary N) is 1. The normalized spacial score (nSPS) is 49.8. The molecule has 0 aliphatic heterocycles. The van der Waals surface area contributed by atoms with Gasteiger partial charge in [0.05, 0.1) is 19.3 Å². The molecule has 180 valence electrons. The molecule has 6 heteroatoms. The van der Waals surface area contributed by atoms with Crippen LogP contribution < -0.4 is 5.73 Å². The lowest BCUT2D eigenvalue weighted by atomic mass is 9.43. The number of fused-ring (bicyclic) bond motifs is 5. The van der Waals surface area contributed by atoms with Crippen molar-refractivity contribution in [1.29, 1.82) is 0 Å². The average Bonchev–Trinajstić information content (AvgIpc) is 3.06. The van der Waals surface area contributed by atoms with Crippen molar-refractivity contribution in [3.05, 3.63) is 0 Å². The van der Waals surface area contributed by atoms with Crippen molar-refractivity contribution in [1.82, 2.24) is 0 Å². The average molecular weight is 458 g/mol. The van der Waals surface area contributed by atoms with Crippen LogP contribution in [0.3, 0.4) is 0 Å². The zero-order valence-corrected chi connectivity index (χ0v) is 20.6. The first kappa shape index (κ1) is 25.3. The molecule has 0 aromatic heterocycles. The van der Waals surface area contributed by atoms with Gasteiger partial charge in [0.2, 0.25) is 0 Å². The number of carbonyl (C=O) groups is 1. The third-order valence-electron chi connectivity index (χ3n) is 10.6. The van der Waals surface area contributed by atoms with E-state index < -0.39 is 0 Å². The number of rotatable bonds is 4. The minimum absolute atomic E-state index is 0. The Hall–Kier alpha value is -0.360.